The van der Waals surface area contributed by atoms with E-state index in [2.05, 4.69) is 79.9 Å². The molecule has 0 radical (unpaired) electrons. The first-order valence-electron chi connectivity index (χ1n) is 28.0. The number of nitrogens with one attached hydrogen (secondary N) is 1. The van der Waals surface area contributed by atoms with Crippen molar-refractivity contribution in [2.45, 2.75) is 274 Å². The monoisotopic (exact) mass is 1010 g/mol. The molecule has 0 aromatic rings. The molecule has 0 bridgehead atoms. The van der Waals surface area contributed by atoms with Gasteiger partial charge in [-0.3, -0.25) is 4.79 Å². The van der Waals surface area contributed by atoms with Crippen LogP contribution in [0.3, 0.4) is 0 Å². The summed E-state index contributed by atoms with van der Waals surface area (Å²) < 4.78 is 22.6. The van der Waals surface area contributed by atoms with E-state index in [1.165, 1.54) is 89.9 Å². The maximum Gasteiger partial charge on any atom is 0.220 e. The quantitative estimate of drug-likeness (QED) is 0.0206. The first kappa shape index (κ1) is 64.8. The SMILES string of the molecule is CC/C=C\C/C=C\C/C=C\C/C=C\C/C=C\CCCCCCCCCCCCCCCCCCCC(=O)NC(COC1OC(CO)C(OC2OC(CO)C(O)C(O)C2O)C(O)C1O)C(O)CCCCCC. The van der Waals surface area contributed by atoms with E-state index in [1.807, 2.05) is 0 Å². The van der Waals surface area contributed by atoms with Gasteiger partial charge in [-0.15, -0.1) is 0 Å². The minimum Gasteiger partial charge on any atom is -0.394 e. The smallest absolute Gasteiger partial charge is 0.220 e. The summed E-state index contributed by atoms with van der Waals surface area (Å²) in [6, 6.07) is -0.825. The fourth-order valence-electron chi connectivity index (χ4n) is 8.97. The normalized spacial score (nSPS) is 26.2. The fourth-order valence-corrected chi connectivity index (χ4v) is 8.97. The Hall–Kier alpha value is -2.31. The van der Waals surface area contributed by atoms with Gasteiger partial charge in [-0.05, 0) is 57.8 Å². The molecule has 9 N–H and O–H groups in total. The van der Waals surface area contributed by atoms with Gasteiger partial charge in [0, 0.05) is 6.42 Å². The molecule has 71 heavy (non-hydrogen) atoms. The molecule has 14 nitrogen and oxygen atoms in total. The average Bonchev–Trinajstić information content (AvgIpc) is 3.37. The van der Waals surface area contributed by atoms with Gasteiger partial charge in [0.25, 0.3) is 0 Å². The predicted octanol–water partition coefficient (Wildman–Crippen LogP) is 8.61. The van der Waals surface area contributed by atoms with Crippen LogP contribution in [0.5, 0.6) is 0 Å². The topological polar surface area (TPSA) is 228 Å². The van der Waals surface area contributed by atoms with Crippen LogP contribution in [0.25, 0.3) is 0 Å². The van der Waals surface area contributed by atoms with E-state index < -0.39 is 86.8 Å². The number of hydrogen-bond acceptors (Lipinski definition) is 13. The van der Waals surface area contributed by atoms with Crippen molar-refractivity contribution in [2.24, 2.45) is 0 Å². The molecule has 0 spiro atoms. The molecule has 12 atom stereocenters. The zero-order chi connectivity index (χ0) is 51.7. The van der Waals surface area contributed by atoms with Crippen molar-refractivity contribution < 1.29 is 64.6 Å². The molecule has 2 aliphatic rings. The number of carbonyl (C=O) groups excluding carboxylic acids is 1. The molecule has 2 rings (SSSR count). The second kappa shape index (κ2) is 43.0. The van der Waals surface area contributed by atoms with Gasteiger partial charge in [-0.25, -0.2) is 0 Å². The van der Waals surface area contributed by atoms with E-state index in [4.69, 9.17) is 18.9 Å². The van der Waals surface area contributed by atoms with Crippen molar-refractivity contribution in [1.29, 1.82) is 0 Å². The molecule has 2 saturated heterocycles. The third-order valence-corrected chi connectivity index (χ3v) is 13.5. The molecule has 14 heteroatoms. The van der Waals surface area contributed by atoms with Gasteiger partial charge in [-0.1, -0.05) is 197 Å². The maximum atomic E-state index is 13.1. The van der Waals surface area contributed by atoms with Crippen LogP contribution in [0, 0.1) is 0 Å². The number of unbranched alkanes of at least 4 members (excludes halogenated alkanes) is 20. The molecule has 0 aliphatic carbocycles. The number of carbonyl (C=O) groups is 1. The van der Waals surface area contributed by atoms with E-state index in [1.54, 1.807) is 0 Å². The van der Waals surface area contributed by atoms with Crippen molar-refractivity contribution >= 4 is 5.91 Å². The molecule has 2 aliphatic heterocycles. The standard InChI is InChI=1S/C57H101NO13/c1-3-5-7-9-10-11-12-13-14-15-16-17-18-19-20-21-22-23-24-25-26-27-28-29-30-31-32-33-34-35-36-37-39-41-49(62)58-45(46(61)40-38-8-6-4-2)44-68-56-54(67)52(65)55(48(43-60)70-56)71-57-53(66)51(64)50(63)47(42-59)69-57/h5,7,10-11,13-14,16-17,19-20,45-48,50-57,59-61,63-67H,3-4,6,8-9,12,15,18,21-44H2,1-2H3,(H,58,62)/b7-5-,11-10-,14-13-,17-16-,20-19-. The lowest BCUT2D eigenvalue weighted by Gasteiger charge is -2.46. The Morgan fingerprint density at radius 2 is 0.972 bits per heavy atom. The minimum absolute atomic E-state index is 0.217. The van der Waals surface area contributed by atoms with Crippen molar-refractivity contribution in [3.05, 3.63) is 60.8 Å². The summed E-state index contributed by atoms with van der Waals surface area (Å²) in [4.78, 5) is 13.1. The first-order chi connectivity index (χ1) is 34.6. The van der Waals surface area contributed by atoms with Crippen LogP contribution in [-0.4, -0.2) is 140 Å². The average molecular weight is 1010 g/mol. The molecule has 2 heterocycles. The second-order valence-electron chi connectivity index (χ2n) is 19.7. The number of aliphatic hydroxyl groups is 8. The summed E-state index contributed by atoms with van der Waals surface area (Å²) in [6.45, 7) is 2.60. The molecular weight excluding hydrogens is 907 g/mol. The first-order valence-corrected chi connectivity index (χ1v) is 28.0. The highest BCUT2D eigenvalue weighted by atomic mass is 16.7. The Bertz CT molecular complexity index is 1420. The lowest BCUT2D eigenvalue weighted by atomic mass is 9.97. The summed E-state index contributed by atoms with van der Waals surface area (Å²) in [5.74, 6) is -0.217. The molecule has 1 amide bonds. The van der Waals surface area contributed by atoms with Crippen LogP contribution in [0.1, 0.15) is 200 Å². The van der Waals surface area contributed by atoms with Crippen molar-refractivity contribution in [2.75, 3.05) is 19.8 Å². The summed E-state index contributed by atoms with van der Waals surface area (Å²) in [5, 5.41) is 86.3. The largest absolute Gasteiger partial charge is 0.394 e. The van der Waals surface area contributed by atoms with Gasteiger partial charge >= 0.3 is 0 Å². The summed E-state index contributed by atoms with van der Waals surface area (Å²) in [6.07, 6.45) is 37.6. The van der Waals surface area contributed by atoms with E-state index in [0.717, 1.165) is 83.5 Å². The summed E-state index contributed by atoms with van der Waals surface area (Å²) >= 11 is 0. The molecule has 12 unspecified atom stereocenters. The van der Waals surface area contributed by atoms with Gasteiger partial charge in [0.2, 0.25) is 5.91 Å². The van der Waals surface area contributed by atoms with E-state index >= 15 is 0 Å². The van der Waals surface area contributed by atoms with Crippen LogP contribution < -0.4 is 5.32 Å². The Kier molecular flexibility index (Phi) is 39.2. The van der Waals surface area contributed by atoms with Crippen LogP contribution in [0.2, 0.25) is 0 Å². The Morgan fingerprint density at radius 3 is 1.48 bits per heavy atom. The number of ether oxygens (including phenoxy) is 4. The molecule has 412 valence electrons. The van der Waals surface area contributed by atoms with Crippen LogP contribution in [-0.2, 0) is 23.7 Å². The lowest BCUT2D eigenvalue weighted by Crippen LogP contribution is -2.65. The zero-order valence-corrected chi connectivity index (χ0v) is 43.9. The zero-order valence-electron chi connectivity index (χ0n) is 43.9. The van der Waals surface area contributed by atoms with Gasteiger partial charge < -0.3 is 65.1 Å². The number of hydrogen-bond donors (Lipinski definition) is 9. The molecule has 0 aromatic carbocycles. The molecule has 2 fully saturated rings. The Labute approximate surface area is 428 Å². The highest BCUT2D eigenvalue weighted by molar-refractivity contribution is 5.76. The third kappa shape index (κ3) is 29.4. The highest BCUT2D eigenvalue weighted by Gasteiger charge is 2.51. The third-order valence-electron chi connectivity index (χ3n) is 13.5. The number of amides is 1. The summed E-state index contributed by atoms with van der Waals surface area (Å²) in [5.41, 5.74) is 0. The van der Waals surface area contributed by atoms with Crippen molar-refractivity contribution in [3.8, 4) is 0 Å². The van der Waals surface area contributed by atoms with E-state index in [0.29, 0.717) is 12.8 Å². The lowest BCUT2D eigenvalue weighted by molar-refractivity contribution is -0.359. The van der Waals surface area contributed by atoms with Crippen molar-refractivity contribution in [1.82, 2.24) is 5.32 Å². The van der Waals surface area contributed by atoms with E-state index in [9.17, 15) is 45.6 Å². The van der Waals surface area contributed by atoms with Gasteiger partial charge in [0.1, 0.15) is 48.8 Å². The molecule has 0 aromatic heterocycles. The highest BCUT2D eigenvalue weighted by Crippen LogP contribution is 2.30. The fraction of sp³-hybridized carbons (Fsp3) is 0.807. The van der Waals surface area contributed by atoms with Crippen LogP contribution in [0.4, 0.5) is 0 Å². The second-order valence-corrected chi connectivity index (χ2v) is 19.7. The Balaban J connectivity index is 1.53. The maximum absolute atomic E-state index is 13.1. The van der Waals surface area contributed by atoms with Gasteiger partial charge in [-0.2, -0.15) is 0 Å². The van der Waals surface area contributed by atoms with Gasteiger partial charge in [0.05, 0.1) is 32.0 Å². The molecule has 0 saturated carbocycles. The summed E-state index contributed by atoms with van der Waals surface area (Å²) in [7, 11) is 0. The minimum atomic E-state index is -1.78. The van der Waals surface area contributed by atoms with Crippen LogP contribution >= 0.6 is 0 Å². The van der Waals surface area contributed by atoms with Crippen LogP contribution in [0.15, 0.2) is 60.8 Å². The Morgan fingerprint density at radius 1 is 0.521 bits per heavy atom. The number of allylic oxidation sites excluding steroid dienone is 10. The number of rotatable bonds is 43. The predicted molar refractivity (Wildman–Crippen MR) is 281 cm³/mol. The van der Waals surface area contributed by atoms with Gasteiger partial charge in [0.15, 0.2) is 12.6 Å². The van der Waals surface area contributed by atoms with E-state index in [-0.39, 0.29) is 12.5 Å². The molecular formula is C57H101NO13. The number of aliphatic hydroxyl groups excluding tert-OH is 8. The van der Waals surface area contributed by atoms with Crippen molar-refractivity contribution in [3.63, 3.8) is 0 Å².